The highest BCUT2D eigenvalue weighted by atomic mass is 35.5. The maximum atomic E-state index is 12.6. The van der Waals surface area contributed by atoms with Crippen molar-refractivity contribution in [2.24, 2.45) is 0 Å². The minimum absolute atomic E-state index is 0.0630. The second kappa shape index (κ2) is 5.47. The Morgan fingerprint density at radius 3 is 2.55 bits per heavy atom. The molecule has 102 valence electrons. The van der Waals surface area contributed by atoms with E-state index >= 15 is 0 Å². The van der Waals surface area contributed by atoms with Crippen molar-refractivity contribution in [2.45, 2.75) is 13.0 Å². The average Bonchev–Trinajstić information content (AvgIpc) is 2.49. The van der Waals surface area contributed by atoms with Gasteiger partial charge in [-0.05, 0) is 29.7 Å². The van der Waals surface area contributed by atoms with E-state index in [1.165, 1.54) is 11.1 Å². The molecule has 0 atom stereocenters. The first kappa shape index (κ1) is 13.5. The highest BCUT2D eigenvalue weighted by Gasteiger charge is 2.23. The van der Waals surface area contributed by atoms with Crippen LogP contribution >= 0.6 is 23.2 Å². The van der Waals surface area contributed by atoms with E-state index in [0.717, 1.165) is 6.42 Å². The summed E-state index contributed by atoms with van der Waals surface area (Å²) in [6.07, 6.45) is 0.875. The van der Waals surface area contributed by atoms with Gasteiger partial charge in [0, 0.05) is 13.1 Å². The Kier molecular flexibility index (Phi) is 3.68. The molecule has 0 bridgehead atoms. The van der Waals surface area contributed by atoms with E-state index in [2.05, 4.69) is 12.1 Å². The van der Waals surface area contributed by atoms with Crippen LogP contribution in [0.25, 0.3) is 0 Å². The largest absolute Gasteiger partial charge is 0.334 e. The summed E-state index contributed by atoms with van der Waals surface area (Å²) in [5, 5.41) is 0.743. The van der Waals surface area contributed by atoms with Crippen LogP contribution in [0.15, 0.2) is 42.5 Å². The number of carbonyl (C=O) groups is 1. The second-order valence-corrected chi connectivity index (χ2v) is 5.63. The fraction of sp³-hybridized carbons (Fsp3) is 0.188. The van der Waals surface area contributed by atoms with E-state index in [0.29, 0.717) is 28.7 Å². The molecule has 3 rings (SSSR count). The highest BCUT2D eigenvalue weighted by Crippen LogP contribution is 2.28. The summed E-state index contributed by atoms with van der Waals surface area (Å²) in [5.74, 6) is -0.0630. The van der Waals surface area contributed by atoms with Gasteiger partial charge in [0.25, 0.3) is 5.91 Å². The molecule has 0 unspecified atom stereocenters. The number of hydrogen-bond donors (Lipinski definition) is 0. The average molecular weight is 306 g/mol. The second-order valence-electron chi connectivity index (χ2n) is 4.85. The summed E-state index contributed by atoms with van der Waals surface area (Å²) in [4.78, 5) is 14.4. The molecule has 0 N–H and O–H groups in total. The van der Waals surface area contributed by atoms with Gasteiger partial charge in [-0.1, -0.05) is 53.5 Å². The summed E-state index contributed by atoms with van der Waals surface area (Å²) in [5.41, 5.74) is 2.98. The monoisotopic (exact) mass is 305 g/mol. The summed E-state index contributed by atoms with van der Waals surface area (Å²) in [6.45, 7) is 1.33. The van der Waals surface area contributed by atoms with E-state index < -0.39 is 0 Å². The van der Waals surface area contributed by atoms with Gasteiger partial charge in [0.05, 0.1) is 15.6 Å². The highest BCUT2D eigenvalue weighted by molar-refractivity contribution is 6.43. The lowest BCUT2D eigenvalue weighted by Crippen LogP contribution is -2.36. The Balaban J connectivity index is 1.88. The van der Waals surface area contributed by atoms with Gasteiger partial charge in [-0.3, -0.25) is 4.79 Å². The molecule has 1 aliphatic rings. The van der Waals surface area contributed by atoms with Crippen molar-refractivity contribution in [3.63, 3.8) is 0 Å². The maximum absolute atomic E-state index is 12.6. The number of halogens is 2. The van der Waals surface area contributed by atoms with E-state index in [4.69, 9.17) is 23.2 Å². The van der Waals surface area contributed by atoms with Crippen LogP contribution < -0.4 is 0 Å². The molecule has 1 heterocycles. The van der Waals surface area contributed by atoms with Crippen molar-refractivity contribution in [2.75, 3.05) is 6.54 Å². The molecule has 2 aromatic carbocycles. The number of amides is 1. The third kappa shape index (κ3) is 2.41. The molecule has 2 nitrogen and oxygen atoms in total. The molecule has 0 spiro atoms. The Morgan fingerprint density at radius 2 is 1.75 bits per heavy atom. The normalized spacial score (nSPS) is 14.0. The van der Waals surface area contributed by atoms with Crippen molar-refractivity contribution in [3.8, 4) is 0 Å². The third-order valence-corrected chi connectivity index (χ3v) is 4.42. The van der Waals surface area contributed by atoms with E-state index in [1.54, 1.807) is 18.2 Å². The van der Waals surface area contributed by atoms with Crippen LogP contribution in [-0.2, 0) is 13.0 Å². The minimum atomic E-state index is -0.0630. The fourth-order valence-electron chi connectivity index (χ4n) is 2.51. The van der Waals surface area contributed by atoms with Gasteiger partial charge in [0.15, 0.2) is 0 Å². The lowest BCUT2D eigenvalue weighted by atomic mass is 9.99. The Bertz CT molecular complexity index is 669. The van der Waals surface area contributed by atoms with E-state index in [9.17, 15) is 4.79 Å². The van der Waals surface area contributed by atoms with Crippen LogP contribution in [0.5, 0.6) is 0 Å². The molecule has 1 amide bonds. The topological polar surface area (TPSA) is 20.3 Å². The van der Waals surface area contributed by atoms with Crippen molar-refractivity contribution >= 4 is 29.1 Å². The first-order valence-electron chi connectivity index (χ1n) is 6.47. The molecule has 0 aromatic heterocycles. The van der Waals surface area contributed by atoms with Crippen molar-refractivity contribution < 1.29 is 4.79 Å². The molecule has 0 saturated carbocycles. The van der Waals surface area contributed by atoms with Crippen LogP contribution in [-0.4, -0.2) is 17.4 Å². The molecule has 0 aliphatic carbocycles. The van der Waals surface area contributed by atoms with Crippen LogP contribution in [0.4, 0.5) is 0 Å². The first-order chi connectivity index (χ1) is 9.66. The Hall–Kier alpha value is -1.51. The number of nitrogens with zero attached hydrogens (tertiary/aromatic N) is 1. The van der Waals surface area contributed by atoms with E-state index in [1.807, 2.05) is 17.0 Å². The van der Waals surface area contributed by atoms with Gasteiger partial charge in [-0.25, -0.2) is 0 Å². The SMILES string of the molecule is O=C(c1cccc(Cl)c1Cl)N1CCc2ccccc2C1. The summed E-state index contributed by atoms with van der Waals surface area (Å²) >= 11 is 12.1. The van der Waals surface area contributed by atoms with Gasteiger partial charge < -0.3 is 4.90 Å². The summed E-state index contributed by atoms with van der Waals surface area (Å²) in [7, 11) is 0. The maximum Gasteiger partial charge on any atom is 0.255 e. The number of benzene rings is 2. The quantitative estimate of drug-likeness (QED) is 0.773. The Morgan fingerprint density at radius 1 is 1.00 bits per heavy atom. The van der Waals surface area contributed by atoms with E-state index in [-0.39, 0.29) is 5.91 Å². The smallest absolute Gasteiger partial charge is 0.255 e. The zero-order valence-electron chi connectivity index (χ0n) is 10.8. The van der Waals surface area contributed by atoms with Crippen LogP contribution in [0.1, 0.15) is 21.5 Å². The third-order valence-electron chi connectivity index (χ3n) is 3.60. The van der Waals surface area contributed by atoms with Gasteiger partial charge >= 0.3 is 0 Å². The number of fused-ring (bicyclic) bond motifs is 1. The molecule has 1 aliphatic heterocycles. The predicted molar refractivity (Wildman–Crippen MR) is 81.3 cm³/mol. The zero-order chi connectivity index (χ0) is 14.1. The zero-order valence-corrected chi connectivity index (χ0v) is 12.3. The Labute approximate surface area is 127 Å². The minimum Gasteiger partial charge on any atom is -0.334 e. The lowest BCUT2D eigenvalue weighted by molar-refractivity contribution is 0.0735. The number of hydrogen-bond acceptors (Lipinski definition) is 1. The molecule has 4 heteroatoms. The molecule has 20 heavy (non-hydrogen) atoms. The molecular weight excluding hydrogens is 293 g/mol. The van der Waals surface area contributed by atoms with Gasteiger partial charge in [-0.2, -0.15) is 0 Å². The molecule has 0 saturated heterocycles. The van der Waals surface area contributed by atoms with Crippen LogP contribution in [0, 0.1) is 0 Å². The standard InChI is InChI=1S/C16H13Cl2NO/c17-14-7-3-6-13(15(14)18)16(20)19-9-8-11-4-1-2-5-12(11)10-19/h1-7H,8-10H2. The number of rotatable bonds is 1. The first-order valence-corrected chi connectivity index (χ1v) is 7.22. The van der Waals surface area contributed by atoms with Crippen molar-refractivity contribution in [1.29, 1.82) is 0 Å². The van der Waals surface area contributed by atoms with Crippen molar-refractivity contribution in [3.05, 3.63) is 69.2 Å². The molecule has 0 fully saturated rings. The van der Waals surface area contributed by atoms with Crippen LogP contribution in [0.3, 0.4) is 0 Å². The van der Waals surface area contributed by atoms with Gasteiger partial charge in [0.1, 0.15) is 0 Å². The molecule has 0 radical (unpaired) electrons. The summed E-state index contributed by atoms with van der Waals surface area (Å²) in [6, 6.07) is 13.4. The molecular formula is C16H13Cl2NO. The lowest BCUT2D eigenvalue weighted by Gasteiger charge is -2.29. The van der Waals surface area contributed by atoms with Crippen molar-refractivity contribution in [1.82, 2.24) is 4.90 Å². The van der Waals surface area contributed by atoms with Crippen LogP contribution in [0.2, 0.25) is 10.0 Å². The van der Waals surface area contributed by atoms with Gasteiger partial charge in [-0.15, -0.1) is 0 Å². The summed E-state index contributed by atoms with van der Waals surface area (Å²) < 4.78 is 0. The van der Waals surface area contributed by atoms with Gasteiger partial charge in [0.2, 0.25) is 0 Å². The number of carbonyl (C=O) groups excluding carboxylic acids is 1. The fourth-order valence-corrected chi connectivity index (χ4v) is 2.89. The predicted octanol–water partition coefficient (Wildman–Crippen LogP) is 4.19. The molecule has 2 aromatic rings.